The lowest BCUT2D eigenvalue weighted by atomic mass is 9.87. The van der Waals surface area contributed by atoms with E-state index in [1.54, 1.807) is 0 Å². The van der Waals surface area contributed by atoms with Crippen LogP contribution in [0.3, 0.4) is 0 Å². The van der Waals surface area contributed by atoms with Crippen LogP contribution in [0.4, 0.5) is 0 Å². The quantitative estimate of drug-likeness (QED) is 0.517. The molecule has 2 aromatic rings. The lowest BCUT2D eigenvalue weighted by Gasteiger charge is -2.21. The predicted molar refractivity (Wildman–Crippen MR) is 114 cm³/mol. The van der Waals surface area contributed by atoms with Crippen LogP contribution >= 0.6 is 0 Å². The van der Waals surface area contributed by atoms with E-state index in [0.717, 1.165) is 12.0 Å². The lowest BCUT2D eigenvalue weighted by Crippen LogP contribution is -2.44. The van der Waals surface area contributed by atoms with Crippen molar-refractivity contribution in [1.82, 2.24) is 0 Å². The van der Waals surface area contributed by atoms with Gasteiger partial charge in [0.25, 0.3) is 0 Å². The molecular formula is C23H31O3Si. The summed E-state index contributed by atoms with van der Waals surface area (Å²) in [6.07, 6.45) is 3.81. The molecular weight excluding hydrogens is 352 g/mol. The zero-order chi connectivity index (χ0) is 19.7. The standard InChI is InChI=1S/C23H31O3Si/c1-23(2,3)20-11-13-22(14-12-20)27(21-9-5-4-6-10-21)26-18-19(15-17-25)8-7-16-24/h4-6,9-14,18,24-25H,7-8,15-17H2,1-3H3/b19-18-. The largest absolute Gasteiger partial charge is 0.538 e. The molecule has 0 aliphatic heterocycles. The molecule has 145 valence electrons. The summed E-state index contributed by atoms with van der Waals surface area (Å²) in [4.78, 5) is 0. The van der Waals surface area contributed by atoms with Gasteiger partial charge < -0.3 is 14.6 Å². The molecule has 27 heavy (non-hydrogen) atoms. The molecule has 0 aromatic heterocycles. The summed E-state index contributed by atoms with van der Waals surface area (Å²) >= 11 is 0. The van der Waals surface area contributed by atoms with E-state index in [9.17, 15) is 5.11 Å². The Bertz CT molecular complexity index is 703. The molecule has 0 atom stereocenters. The number of rotatable bonds is 9. The minimum atomic E-state index is -1.42. The summed E-state index contributed by atoms with van der Waals surface area (Å²) in [5.74, 6) is 0. The molecule has 1 radical (unpaired) electrons. The zero-order valence-electron chi connectivity index (χ0n) is 16.6. The Balaban J connectivity index is 2.29. The molecule has 0 amide bonds. The van der Waals surface area contributed by atoms with Crippen LogP contribution in [0, 0.1) is 0 Å². The molecule has 0 spiro atoms. The van der Waals surface area contributed by atoms with Crippen LogP contribution in [-0.4, -0.2) is 32.5 Å². The van der Waals surface area contributed by atoms with E-state index in [2.05, 4.69) is 57.2 Å². The Kier molecular flexibility index (Phi) is 8.29. The molecule has 0 unspecified atom stereocenters. The number of hydrogen-bond donors (Lipinski definition) is 2. The van der Waals surface area contributed by atoms with Gasteiger partial charge in [0.2, 0.25) is 0 Å². The van der Waals surface area contributed by atoms with Crippen molar-refractivity contribution < 1.29 is 14.6 Å². The molecule has 4 heteroatoms. The Morgan fingerprint density at radius 3 is 2.07 bits per heavy atom. The van der Waals surface area contributed by atoms with E-state index in [-0.39, 0.29) is 18.6 Å². The van der Waals surface area contributed by atoms with E-state index in [1.165, 1.54) is 15.9 Å². The maximum absolute atomic E-state index is 9.29. The smallest absolute Gasteiger partial charge is 0.352 e. The Labute approximate surface area is 165 Å². The first kappa shape index (κ1) is 21.4. The second-order valence-corrected chi connectivity index (χ2v) is 9.77. The van der Waals surface area contributed by atoms with Crippen molar-refractivity contribution in [2.24, 2.45) is 0 Å². The highest BCUT2D eigenvalue weighted by Gasteiger charge is 2.21. The van der Waals surface area contributed by atoms with Crippen molar-refractivity contribution in [2.75, 3.05) is 13.2 Å². The number of benzene rings is 2. The van der Waals surface area contributed by atoms with E-state index in [1.807, 2.05) is 24.5 Å². The van der Waals surface area contributed by atoms with Crippen LogP contribution in [0.5, 0.6) is 0 Å². The zero-order valence-corrected chi connectivity index (χ0v) is 17.6. The summed E-state index contributed by atoms with van der Waals surface area (Å²) < 4.78 is 6.30. The number of aliphatic hydroxyl groups excluding tert-OH is 2. The maximum atomic E-state index is 9.29. The van der Waals surface area contributed by atoms with Crippen molar-refractivity contribution in [3.63, 3.8) is 0 Å². The van der Waals surface area contributed by atoms with Gasteiger partial charge in [-0.15, -0.1) is 0 Å². The van der Waals surface area contributed by atoms with Crippen LogP contribution in [0.1, 0.15) is 45.6 Å². The first-order valence-corrected chi connectivity index (χ1v) is 11.0. The van der Waals surface area contributed by atoms with Gasteiger partial charge in [-0.2, -0.15) is 0 Å². The maximum Gasteiger partial charge on any atom is 0.352 e. The van der Waals surface area contributed by atoms with Crippen molar-refractivity contribution in [3.05, 3.63) is 72.0 Å². The summed E-state index contributed by atoms with van der Waals surface area (Å²) in [6, 6.07) is 19.0. The SMILES string of the molecule is CC(C)(C)c1ccc([Si](O/C=C(\CCO)CCCO)c2ccccc2)cc1. The summed E-state index contributed by atoms with van der Waals surface area (Å²) in [5.41, 5.74) is 2.47. The minimum absolute atomic E-state index is 0.0916. The normalized spacial score (nSPS) is 12.4. The van der Waals surface area contributed by atoms with E-state index < -0.39 is 9.04 Å². The van der Waals surface area contributed by atoms with Crippen molar-refractivity contribution in [1.29, 1.82) is 0 Å². The monoisotopic (exact) mass is 383 g/mol. The minimum Gasteiger partial charge on any atom is -0.538 e. The summed E-state index contributed by atoms with van der Waals surface area (Å²) in [7, 11) is -1.42. The van der Waals surface area contributed by atoms with Crippen molar-refractivity contribution >= 4 is 19.4 Å². The van der Waals surface area contributed by atoms with Gasteiger partial charge >= 0.3 is 9.04 Å². The van der Waals surface area contributed by atoms with Crippen LogP contribution < -0.4 is 10.4 Å². The van der Waals surface area contributed by atoms with Gasteiger partial charge in [0.05, 0.1) is 6.26 Å². The van der Waals surface area contributed by atoms with Crippen LogP contribution in [0.2, 0.25) is 0 Å². The third-order valence-corrected chi connectivity index (χ3v) is 6.55. The van der Waals surface area contributed by atoms with Crippen LogP contribution in [0.15, 0.2) is 66.4 Å². The molecule has 0 fully saturated rings. The number of hydrogen-bond acceptors (Lipinski definition) is 3. The Hall–Kier alpha value is -1.88. The van der Waals surface area contributed by atoms with Crippen molar-refractivity contribution in [2.45, 2.75) is 45.4 Å². The predicted octanol–water partition coefficient (Wildman–Crippen LogP) is 3.15. The highest BCUT2D eigenvalue weighted by atomic mass is 28.3. The average molecular weight is 384 g/mol. The molecule has 0 bridgehead atoms. The third-order valence-electron chi connectivity index (χ3n) is 4.48. The van der Waals surface area contributed by atoms with Gasteiger partial charge in [-0.3, -0.25) is 0 Å². The molecule has 2 rings (SSSR count). The Morgan fingerprint density at radius 2 is 1.52 bits per heavy atom. The average Bonchev–Trinajstić information content (AvgIpc) is 2.66. The van der Waals surface area contributed by atoms with Crippen LogP contribution in [0.25, 0.3) is 0 Å². The Morgan fingerprint density at radius 1 is 0.889 bits per heavy atom. The van der Waals surface area contributed by atoms with E-state index in [0.29, 0.717) is 12.8 Å². The fraction of sp³-hybridized carbons (Fsp3) is 0.391. The van der Waals surface area contributed by atoms with Gasteiger partial charge in [-0.05, 0) is 46.2 Å². The molecule has 2 aromatic carbocycles. The van der Waals surface area contributed by atoms with Gasteiger partial charge in [0.1, 0.15) is 0 Å². The van der Waals surface area contributed by atoms with Crippen LogP contribution in [-0.2, 0) is 9.84 Å². The fourth-order valence-electron chi connectivity index (χ4n) is 2.85. The van der Waals surface area contributed by atoms with Gasteiger partial charge in [-0.1, -0.05) is 75.4 Å². The van der Waals surface area contributed by atoms with Crippen molar-refractivity contribution in [3.8, 4) is 0 Å². The molecule has 3 nitrogen and oxygen atoms in total. The highest BCUT2D eigenvalue weighted by molar-refractivity contribution is 6.80. The summed E-state index contributed by atoms with van der Waals surface area (Å²) in [6.45, 7) is 6.88. The second kappa shape index (κ2) is 10.5. The molecule has 0 aliphatic rings. The topological polar surface area (TPSA) is 49.7 Å². The van der Waals surface area contributed by atoms with Gasteiger partial charge in [0.15, 0.2) is 0 Å². The first-order valence-electron chi connectivity index (χ1n) is 9.55. The summed E-state index contributed by atoms with van der Waals surface area (Å²) in [5, 5.41) is 20.8. The number of aliphatic hydroxyl groups is 2. The van der Waals surface area contributed by atoms with Gasteiger partial charge in [-0.25, -0.2) is 0 Å². The molecule has 2 N–H and O–H groups in total. The van der Waals surface area contributed by atoms with E-state index >= 15 is 0 Å². The second-order valence-electron chi connectivity index (χ2n) is 7.72. The van der Waals surface area contributed by atoms with Gasteiger partial charge in [0, 0.05) is 13.2 Å². The molecule has 0 saturated carbocycles. The first-order chi connectivity index (χ1) is 13.0. The third kappa shape index (κ3) is 6.65. The van der Waals surface area contributed by atoms with E-state index in [4.69, 9.17) is 9.53 Å². The fourth-order valence-corrected chi connectivity index (χ4v) is 4.70. The lowest BCUT2D eigenvalue weighted by molar-refractivity contribution is 0.279. The molecule has 0 aliphatic carbocycles. The highest BCUT2D eigenvalue weighted by Crippen LogP contribution is 2.21. The molecule has 0 saturated heterocycles. The molecule has 0 heterocycles.